The first-order valence-corrected chi connectivity index (χ1v) is 10.8. The number of guanidine groups is 1. The zero-order chi connectivity index (χ0) is 25.2. The Balaban J connectivity index is 1.51. The Labute approximate surface area is 200 Å². The normalized spacial score (nSPS) is 16.1. The molecule has 1 heterocycles. The minimum absolute atomic E-state index is 0.0529. The van der Waals surface area contributed by atoms with Gasteiger partial charge in [0.05, 0.1) is 29.6 Å². The number of allylic oxidation sites excluding steroid dienone is 3. The molecule has 10 heteroatoms. The van der Waals surface area contributed by atoms with Gasteiger partial charge in [-0.25, -0.2) is 4.99 Å². The molecule has 0 radical (unpaired) electrons. The van der Waals surface area contributed by atoms with E-state index in [1.54, 1.807) is 19.4 Å². The Morgan fingerprint density at radius 2 is 1.91 bits per heavy atom. The third-order valence-corrected chi connectivity index (χ3v) is 5.45. The molecule has 0 aromatic heterocycles. The molecule has 0 unspecified atom stereocenters. The molecule has 0 spiro atoms. The quantitative estimate of drug-likeness (QED) is 0.416. The van der Waals surface area contributed by atoms with Gasteiger partial charge in [-0.15, -0.1) is 0 Å². The lowest BCUT2D eigenvalue weighted by Gasteiger charge is -2.28. The monoisotopic (exact) mass is 483 g/mol. The van der Waals surface area contributed by atoms with E-state index in [9.17, 15) is 18.0 Å². The lowest BCUT2D eigenvalue weighted by molar-refractivity contribution is -0.137. The molecule has 0 atom stereocenters. The van der Waals surface area contributed by atoms with E-state index in [1.807, 2.05) is 30.3 Å². The second-order valence-corrected chi connectivity index (χ2v) is 8.05. The van der Waals surface area contributed by atoms with Crippen LogP contribution in [0.25, 0.3) is 5.57 Å². The van der Waals surface area contributed by atoms with Gasteiger partial charge in [-0.3, -0.25) is 15.2 Å². The number of carbonyl (C=O) groups excluding carboxylic acids is 1. The van der Waals surface area contributed by atoms with Crippen molar-refractivity contribution in [1.82, 2.24) is 15.8 Å². The largest absolute Gasteiger partial charge is 0.497 e. The fraction of sp³-hybridized carbons (Fsp3) is 0.200. The van der Waals surface area contributed by atoms with Crippen molar-refractivity contribution in [2.45, 2.75) is 25.1 Å². The number of nitrogens with two attached hydrogens (primary N) is 1. The highest BCUT2D eigenvalue weighted by Gasteiger charge is 2.36. The van der Waals surface area contributed by atoms with E-state index in [0.717, 1.165) is 36.1 Å². The number of methoxy groups -OCH3 is 1. The van der Waals surface area contributed by atoms with Crippen LogP contribution in [0.1, 0.15) is 34.3 Å². The molecule has 2 aromatic rings. The van der Waals surface area contributed by atoms with Crippen LogP contribution in [-0.2, 0) is 6.18 Å². The summed E-state index contributed by atoms with van der Waals surface area (Å²) in [7, 11) is 1.58. The molecule has 2 aromatic carbocycles. The van der Waals surface area contributed by atoms with Gasteiger partial charge < -0.3 is 15.8 Å². The van der Waals surface area contributed by atoms with Crippen molar-refractivity contribution in [3.05, 3.63) is 89.8 Å². The second kappa shape index (κ2) is 9.57. The molecule has 1 aliphatic carbocycles. The van der Waals surface area contributed by atoms with E-state index in [0.29, 0.717) is 11.4 Å². The van der Waals surface area contributed by atoms with Crippen LogP contribution in [-0.4, -0.2) is 30.0 Å². The van der Waals surface area contributed by atoms with E-state index < -0.39 is 23.2 Å². The van der Waals surface area contributed by atoms with Crippen molar-refractivity contribution in [2.24, 2.45) is 10.7 Å². The van der Waals surface area contributed by atoms with Gasteiger partial charge in [-0.05, 0) is 54.8 Å². The third-order valence-electron chi connectivity index (χ3n) is 5.45. The Morgan fingerprint density at radius 3 is 2.54 bits per heavy atom. The van der Waals surface area contributed by atoms with Crippen LogP contribution >= 0.6 is 0 Å². The summed E-state index contributed by atoms with van der Waals surface area (Å²) < 4.78 is 46.1. The molecule has 2 aliphatic rings. The van der Waals surface area contributed by atoms with Crippen LogP contribution in [0.4, 0.5) is 18.9 Å². The summed E-state index contributed by atoms with van der Waals surface area (Å²) in [6.45, 7) is 4.07. The molecule has 1 amide bonds. The first-order chi connectivity index (χ1) is 16.7. The van der Waals surface area contributed by atoms with Crippen LogP contribution in [0.15, 0.2) is 78.1 Å². The number of nitrogens with one attached hydrogen (secondary N) is 2. The van der Waals surface area contributed by atoms with Crippen LogP contribution in [0.2, 0.25) is 0 Å². The predicted molar refractivity (Wildman–Crippen MR) is 127 cm³/mol. The number of amides is 1. The van der Waals surface area contributed by atoms with E-state index in [2.05, 4.69) is 22.3 Å². The number of carbonyl (C=O) groups is 1. The highest BCUT2D eigenvalue weighted by Crippen LogP contribution is 2.35. The topological polar surface area (TPSA) is 92.0 Å². The Bertz CT molecular complexity index is 1230. The fourth-order valence-corrected chi connectivity index (χ4v) is 3.49. The number of ether oxygens (including phenoxy) is 1. The van der Waals surface area contributed by atoms with Gasteiger partial charge in [0, 0.05) is 17.8 Å². The number of rotatable bonds is 6. The van der Waals surface area contributed by atoms with E-state index in [1.165, 1.54) is 11.1 Å². The van der Waals surface area contributed by atoms with Crippen LogP contribution in [0.5, 0.6) is 5.75 Å². The summed E-state index contributed by atoms with van der Waals surface area (Å²) in [5, 5.41) is 4.09. The van der Waals surface area contributed by atoms with Gasteiger partial charge >= 0.3 is 6.18 Å². The maximum atomic E-state index is 13.6. The molecule has 35 heavy (non-hydrogen) atoms. The molecule has 1 fully saturated rings. The van der Waals surface area contributed by atoms with Gasteiger partial charge in [-0.1, -0.05) is 24.8 Å². The van der Waals surface area contributed by atoms with Gasteiger partial charge in [0.15, 0.2) is 0 Å². The molecule has 0 saturated heterocycles. The first kappa shape index (κ1) is 23.9. The molecular weight excluding hydrogens is 459 g/mol. The molecule has 4 rings (SSSR count). The van der Waals surface area contributed by atoms with Crippen LogP contribution < -0.4 is 21.2 Å². The summed E-state index contributed by atoms with van der Waals surface area (Å²) in [4.78, 5) is 16.3. The lowest BCUT2D eigenvalue weighted by Crippen LogP contribution is -2.42. The number of alkyl halides is 3. The minimum Gasteiger partial charge on any atom is -0.497 e. The second-order valence-electron chi connectivity index (χ2n) is 8.05. The summed E-state index contributed by atoms with van der Waals surface area (Å²) in [6.07, 6.45) is 2.10. The highest BCUT2D eigenvalue weighted by atomic mass is 19.4. The fourth-order valence-electron chi connectivity index (χ4n) is 3.49. The number of hydrazine groups is 1. The van der Waals surface area contributed by atoms with Gasteiger partial charge in [0.25, 0.3) is 5.91 Å². The Morgan fingerprint density at radius 1 is 1.20 bits per heavy atom. The van der Waals surface area contributed by atoms with Gasteiger partial charge in [-0.2, -0.15) is 13.2 Å². The molecule has 182 valence electrons. The molecule has 4 N–H and O–H groups in total. The standard InChI is InChI=1S/C25H24F3N5O2/c1-15-20(16-5-10-19(35-2)11-6-16)4-3-13-33(15)32-24(29)31-18-9-12-21(22(14-18)25(26,27)28)23(34)30-17-7-8-17/h3-6,9-14,17H,1,7-8H2,2H3,(H,30,34)(H3,29,31,32). The molecule has 0 bridgehead atoms. The van der Waals surface area contributed by atoms with E-state index >= 15 is 0 Å². The summed E-state index contributed by atoms with van der Waals surface area (Å²) in [6, 6.07) is 10.6. The maximum Gasteiger partial charge on any atom is 0.417 e. The van der Waals surface area contributed by atoms with E-state index in [-0.39, 0.29) is 17.7 Å². The number of hydrogen-bond acceptors (Lipinski definition) is 4. The van der Waals surface area contributed by atoms with Crippen molar-refractivity contribution in [2.75, 3.05) is 7.11 Å². The van der Waals surface area contributed by atoms with Crippen LogP contribution in [0, 0.1) is 0 Å². The van der Waals surface area contributed by atoms with Gasteiger partial charge in [0.1, 0.15) is 5.75 Å². The third kappa shape index (κ3) is 5.65. The smallest absolute Gasteiger partial charge is 0.417 e. The van der Waals surface area contributed by atoms with Crippen molar-refractivity contribution in [3.63, 3.8) is 0 Å². The zero-order valence-corrected chi connectivity index (χ0v) is 18.9. The molecule has 7 nitrogen and oxygen atoms in total. The predicted octanol–water partition coefficient (Wildman–Crippen LogP) is 4.48. The average Bonchev–Trinajstić information content (AvgIpc) is 3.64. The Kier molecular flexibility index (Phi) is 6.54. The summed E-state index contributed by atoms with van der Waals surface area (Å²) in [5.41, 5.74) is 9.47. The van der Waals surface area contributed by atoms with Gasteiger partial charge in [0.2, 0.25) is 5.96 Å². The number of hydrogen-bond donors (Lipinski definition) is 3. The summed E-state index contributed by atoms with van der Waals surface area (Å²) >= 11 is 0. The molecule has 1 aliphatic heterocycles. The molecular formula is C25H24F3N5O2. The first-order valence-electron chi connectivity index (χ1n) is 10.8. The zero-order valence-electron chi connectivity index (χ0n) is 18.9. The van der Waals surface area contributed by atoms with Crippen LogP contribution in [0.3, 0.4) is 0 Å². The number of nitrogens with zero attached hydrogens (tertiary/aromatic N) is 2. The SMILES string of the molecule is C=C1C(c2ccc(OC)cc2)=CC=CN1NC(N)=Nc1ccc(C(=O)NC2CC2)c(C(F)(F)F)c1. The number of halogens is 3. The highest BCUT2D eigenvalue weighted by molar-refractivity contribution is 5.97. The molecule has 1 saturated carbocycles. The summed E-state index contributed by atoms with van der Waals surface area (Å²) in [5.74, 6) is -0.198. The lowest BCUT2D eigenvalue weighted by atomic mass is 10.0. The minimum atomic E-state index is -4.73. The van der Waals surface area contributed by atoms with Crippen molar-refractivity contribution >= 4 is 23.1 Å². The Hall–Kier alpha value is -4.21. The number of aliphatic imine (C=N–C) groups is 1. The van der Waals surface area contributed by atoms with Crippen molar-refractivity contribution in [1.29, 1.82) is 0 Å². The number of benzene rings is 2. The van der Waals surface area contributed by atoms with Crippen molar-refractivity contribution in [3.8, 4) is 5.75 Å². The average molecular weight is 483 g/mol. The van der Waals surface area contributed by atoms with Crippen molar-refractivity contribution < 1.29 is 22.7 Å². The van der Waals surface area contributed by atoms with E-state index in [4.69, 9.17) is 10.5 Å². The maximum absolute atomic E-state index is 13.6.